The highest BCUT2D eigenvalue weighted by Crippen LogP contribution is 2.22. The minimum atomic E-state index is -5.08. The Morgan fingerprint density at radius 3 is 2.31 bits per heavy atom. The molecule has 0 saturated carbocycles. The van der Waals surface area contributed by atoms with Gasteiger partial charge in [-0.15, -0.1) is 0 Å². The summed E-state index contributed by atoms with van der Waals surface area (Å²) in [4.78, 5) is 16.6. The van der Waals surface area contributed by atoms with Gasteiger partial charge in [-0.1, -0.05) is 59.6 Å². The van der Waals surface area contributed by atoms with E-state index in [-0.39, 0.29) is 0 Å². The van der Waals surface area contributed by atoms with Crippen LogP contribution >= 0.6 is 23.2 Å². The van der Waals surface area contributed by atoms with Gasteiger partial charge in [-0.3, -0.25) is 0 Å². The molecule has 1 heterocycles. The van der Waals surface area contributed by atoms with Gasteiger partial charge in [-0.05, 0) is 23.3 Å². The van der Waals surface area contributed by atoms with Gasteiger partial charge in [0.15, 0.2) is 0 Å². The molecule has 10 heteroatoms. The smallest absolute Gasteiger partial charge is 0.475 e. The van der Waals surface area contributed by atoms with Crippen molar-refractivity contribution < 1.29 is 23.1 Å². The van der Waals surface area contributed by atoms with Crippen LogP contribution in [-0.2, 0) is 17.9 Å². The van der Waals surface area contributed by atoms with Crippen molar-refractivity contribution in [3.8, 4) is 11.3 Å². The first-order chi connectivity index (χ1) is 13.7. The van der Waals surface area contributed by atoms with E-state index < -0.39 is 12.1 Å². The number of H-pyrrole nitrogens is 1. The lowest BCUT2D eigenvalue weighted by Gasteiger charge is -2.04. The van der Waals surface area contributed by atoms with Crippen LogP contribution in [-0.4, -0.2) is 27.2 Å². The zero-order chi connectivity index (χ0) is 21.4. The van der Waals surface area contributed by atoms with Crippen molar-refractivity contribution in [2.24, 2.45) is 0 Å². The molecule has 3 rings (SSSR count). The van der Waals surface area contributed by atoms with Crippen molar-refractivity contribution in [2.75, 3.05) is 0 Å². The average Bonchev–Trinajstić information content (AvgIpc) is 3.14. The Balaban J connectivity index is 0.000000370. The molecule has 0 spiro atoms. The monoisotopic (exact) mass is 445 g/mol. The summed E-state index contributed by atoms with van der Waals surface area (Å²) < 4.78 is 31.7. The Labute approximate surface area is 174 Å². The fourth-order valence-corrected chi connectivity index (χ4v) is 2.51. The number of carbonyl (C=O) groups is 1. The fraction of sp³-hybridized carbons (Fsp3) is 0.158. The van der Waals surface area contributed by atoms with E-state index in [4.69, 9.17) is 33.1 Å². The average molecular weight is 446 g/mol. The van der Waals surface area contributed by atoms with Crippen molar-refractivity contribution in [3.05, 3.63) is 76.2 Å². The van der Waals surface area contributed by atoms with Crippen LogP contribution in [0.5, 0.6) is 0 Å². The first kappa shape index (κ1) is 22.7. The van der Waals surface area contributed by atoms with Crippen LogP contribution in [0, 0.1) is 0 Å². The number of carboxylic acid groups (broad SMARTS) is 1. The summed E-state index contributed by atoms with van der Waals surface area (Å²) in [5.74, 6) is -1.86. The summed E-state index contributed by atoms with van der Waals surface area (Å²) in [6.45, 7) is 1.37. The number of alkyl halides is 3. The maximum atomic E-state index is 10.6. The van der Waals surface area contributed by atoms with Gasteiger partial charge in [-0.2, -0.15) is 13.2 Å². The van der Waals surface area contributed by atoms with Crippen LogP contribution in [0.2, 0.25) is 10.0 Å². The molecule has 154 valence electrons. The Morgan fingerprint density at radius 1 is 1.07 bits per heavy atom. The Kier molecular flexibility index (Phi) is 8.07. The number of hydrogen-bond acceptors (Lipinski definition) is 3. The SMILES string of the molecule is Clc1ccc(CNCc2ncc(-c3ccccc3)[nH]2)cc1Cl.O=C(O)C(F)(F)F. The summed E-state index contributed by atoms with van der Waals surface area (Å²) in [6, 6.07) is 15.8. The van der Waals surface area contributed by atoms with Gasteiger partial charge in [0.2, 0.25) is 0 Å². The maximum Gasteiger partial charge on any atom is 0.490 e. The van der Waals surface area contributed by atoms with Crippen LogP contribution in [0.25, 0.3) is 11.3 Å². The van der Waals surface area contributed by atoms with Gasteiger partial charge in [0, 0.05) is 6.54 Å². The summed E-state index contributed by atoms with van der Waals surface area (Å²) in [6.07, 6.45) is -3.23. The van der Waals surface area contributed by atoms with Gasteiger partial charge in [0.25, 0.3) is 0 Å². The van der Waals surface area contributed by atoms with Crippen molar-refractivity contribution in [1.29, 1.82) is 0 Å². The number of carboxylic acids is 1. The normalized spacial score (nSPS) is 10.9. The molecule has 3 aromatic rings. The van der Waals surface area contributed by atoms with Crippen molar-refractivity contribution in [2.45, 2.75) is 19.3 Å². The van der Waals surface area contributed by atoms with Crippen LogP contribution < -0.4 is 5.32 Å². The molecular weight excluding hydrogens is 430 g/mol. The van der Waals surface area contributed by atoms with Gasteiger partial charge >= 0.3 is 12.1 Å². The Morgan fingerprint density at radius 2 is 1.72 bits per heavy atom. The van der Waals surface area contributed by atoms with E-state index in [9.17, 15) is 13.2 Å². The zero-order valence-electron chi connectivity index (χ0n) is 14.8. The third-order valence-electron chi connectivity index (χ3n) is 3.56. The molecular formula is C19H16Cl2F3N3O2. The molecule has 1 aromatic heterocycles. The molecule has 3 N–H and O–H groups in total. The molecule has 0 aliphatic heterocycles. The summed E-state index contributed by atoms with van der Waals surface area (Å²) in [7, 11) is 0. The largest absolute Gasteiger partial charge is 0.490 e. The first-order valence-corrected chi connectivity index (χ1v) is 8.96. The molecule has 0 amide bonds. The predicted molar refractivity (Wildman–Crippen MR) is 105 cm³/mol. The predicted octanol–water partition coefficient (Wildman–Crippen LogP) is 5.31. The third-order valence-corrected chi connectivity index (χ3v) is 4.30. The number of rotatable bonds is 5. The highest BCUT2D eigenvalue weighted by molar-refractivity contribution is 6.42. The van der Waals surface area contributed by atoms with Crippen LogP contribution in [0.1, 0.15) is 11.4 Å². The zero-order valence-corrected chi connectivity index (χ0v) is 16.3. The van der Waals surface area contributed by atoms with Crippen LogP contribution in [0.4, 0.5) is 13.2 Å². The number of imidazole rings is 1. The van der Waals surface area contributed by atoms with Crippen molar-refractivity contribution >= 4 is 29.2 Å². The van der Waals surface area contributed by atoms with E-state index in [0.29, 0.717) is 23.1 Å². The second-order valence-corrected chi connectivity index (χ2v) is 6.58. The summed E-state index contributed by atoms with van der Waals surface area (Å²) in [5.41, 5.74) is 3.24. The fourth-order valence-electron chi connectivity index (χ4n) is 2.19. The number of nitrogens with zero attached hydrogens (tertiary/aromatic N) is 1. The molecule has 0 aliphatic rings. The van der Waals surface area contributed by atoms with E-state index in [1.807, 2.05) is 36.5 Å². The Bertz CT molecular complexity index is 947. The lowest BCUT2D eigenvalue weighted by molar-refractivity contribution is -0.192. The number of hydrogen-bond donors (Lipinski definition) is 3. The summed E-state index contributed by atoms with van der Waals surface area (Å²) >= 11 is 11.9. The van der Waals surface area contributed by atoms with Crippen LogP contribution in [0.15, 0.2) is 54.7 Å². The minimum absolute atomic E-state index is 0.573. The molecule has 29 heavy (non-hydrogen) atoms. The number of halogens is 5. The molecule has 0 unspecified atom stereocenters. The minimum Gasteiger partial charge on any atom is -0.475 e. The lowest BCUT2D eigenvalue weighted by atomic mass is 10.2. The third kappa shape index (κ3) is 7.41. The lowest BCUT2D eigenvalue weighted by Crippen LogP contribution is -2.21. The molecule has 0 bridgehead atoms. The van der Waals surface area contributed by atoms with Crippen molar-refractivity contribution in [3.63, 3.8) is 0 Å². The quantitative estimate of drug-likeness (QED) is 0.497. The second kappa shape index (κ2) is 10.3. The molecule has 0 saturated heterocycles. The number of aromatic amines is 1. The highest BCUT2D eigenvalue weighted by Gasteiger charge is 2.38. The van der Waals surface area contributed by atoms with Gasteiger partial charge < -0.3 is 15.4 Å². The molecule has 0 fully saturated rings. The van der Waals surface area contributed by atoms with Crippen molar-refractivity contribution in [1.82, 2.24) is 15.3 Å². The number of aliphatic carboxylic acids is 1. The summed E-state index contributed by atoms with van der Waals surface area (Å²) in [5, 5.41) is 11.6. The molecule has 0 atom stereocenters. The van der Waals surface area contributed by atoms with E-state index in [2.05, 4.69) is 27.4 Å². The highest BCUT2D eigenvalue weighted by atomic mass is 35.5. The van der Waals surface area contributed by atoms with E-state index in [1.54, 1.807) is 6.07 Å². The van der Waals surface area contributed by atoms with Crippen LogP contribution in [0.3, 0.4) is 0 Å². The molecule has 2 aromatic carbocycles. The van der Waals surface area contributed by atoms with E-state index in [0.717, 1.165) is 22.6 Å². The maximum absolute atomic E-state index is 10.6. The van der Waals surface area contributed by atoms with E-state index >= 15 is 0 Å². The number of benzene rings is 2. The molecule has 0 radical (unpaired) electrons. The number of aromatic nitrogens is 2. The second-order valence-electron chi connectivity index (χ2n) is 5.76. The van der Waals surface area contributed by atoms with Gasteiger partial charge in [-0.25, -0.2) is 9.78 Å². The Hall–Kier alpha value is -2.55. The number of nitrogens with one attached hydrogen (secondary N) is 2. The first-order valence-electron chi connectivity index (χ1n) is 8.21. The molecule has 5 nitrogen and oxygen atoms in total. The van der Waals surface area contributed by atoms with E-state index in [1.165, 1.54) is 0 Å². The molecule has 0 aliphatic carbocycles. The van der Waals surface area contributed by atoms with Gasteiger partial charge in [0.1, 0.15) is 5.82 Å². The van der Waals surface area contributed by atoms with Gasteiger partial charge in [0.05, 0.1) is 28.5 Å². The standard InChI is InChI=1S/C17H15Cl2N3.C2HF3O2/c18-14-7-6-12(8-15(14)19)9-20-11-17-21-10-16(22-17)13-4-2-1-3-5-13;3-2(4,5)1(6)7/h1-8,10,20H,9,11H2,(H,21,22);(H,6,7). The topological polar surface area (TPSA) is 78.0 Å².